The van der Waals surface area contributed by atoms with Crippen LogP contribution in [0.4, 0.5) is 17.1 Å². The van der Waals surface area contributed by atoms with Crippen LogP contribution in [-0.2, 0) is 12.0 Å². The van der Waals surface area contributed by atoms with E-state index >= 15 is 0 Å². The molecule has 5 N–H and O–H groups in total. The molecule has 8 nitrogen and oxygen atoms in total. The predicted octanol–water partition coefficient (Wildman–Crippen LogP) is 0.657. The third-order valence-corrected chi connectivity index (χ3v) is 6.42. The molecule has 0 amide bonds. The minimum Gasteiger partial charge on any atom is -0.868 e. The molecule has 8 heteroatoms. The molecule has 33 heavy (non-hydrogen) atoms. The maximum atomic E-state index is 12.7. The van der Waals surface area contributed by atoms with Crippen LogP contribution in [0.15, 0.2) is 72.8 Å². The van der Waals surface area contributed by atoms with Crippen molar-refractivity contribution >= 4 is 23.1 Å². The molecule has 0 bridgehead atoms. The highest BCUT2D eigenvalue weighted by atomic mass is 16.8. The van der Waals surface area contributed by atoms with Gasteiger partial charge in [0.05, 0.1) is 11.5 Å². The van der Waals surface area contributed by atoms with E-state index in [1.807, 2.05) is 36.4 Å². The van der Waals surface area contributed by atoms with E-state index in [0.717, 1.165) is 12.6 Å². The summed E-state index contributed by atoms with van der Waals surface area (Å²) in [5, 5.41) is 51.7. The van der Waals surface area contributed by atoms with Crippen molar-refractivity contribution < 1.29 is 30.9 Å². The van der Waals surface area contributed by atoms with Crippen molar-refractivity contribution in [2.75, 3.05) is 0 Å². The summed E-state index contributed by atoms with van der Waals surface area (Å²) in [6, 6.07) is 20.5. The first-order valence-electron chi connectivity index (χ1n) is 10.7. The van der Waals surface area contributed by atoms with Gasteiger partial charge < -0.3 is 15.5 Å². The van der Waals surface area contributed by atoms with Gasteiger partial charge in [0.2, 0.25) is 0 Å². The van der Waals surface area contributed by atoms with Crippen LogP contribution < -0.4 is 20.5 Å². The van der Waals surface area contributed by atoms with E-state index in [4.69, 9.17) is 0 Å². The fourth-order valence-electron chi connectivity index (χ4n) is 4.73. The van der Waals surface area contributed by atoms with Gasteiger partial charge in [0.1, 0.15) is 18.3 Å². The van der Waals surface area contributed by atoms with Crippen LogP contribution >= 0.6 is 0 Å². The molecule has 4 rings (SSSR count). The number of hydrogen-bond donors (Lipinski definition) is 5. The average molecular weight is 450 g/mol. The molecule has 4 atom stereocenters. The number of quaternary nitrogens is 3. The third-order valence-electron chi connectivity index (χ3n) is 6.42. The number of benzene rings is 3. The highest BCUT2D eigenvalue weighted by molar-refractivity contribution is 5.68. The topological polar surface area (TPSA) is 123 Å². The number of rotatable bonds is 6. The number of hydrogen-bond acceptors (Lipinski definition) is 5. The fourth-order valence-corrected chi connectivity index (χ4v) is 4.73. The van der Waals surface area contributed by atoms with E-state index in [9.17, 15) is 25.9 Å². The second-order valence-electron chi connectivity index (χ2n) is 8.84. The first-order chi connectivity index (χ1) is 15.7. The maximum Gasteiger partial charge on any atom is 0.170 e. The van der Waals surface area contributed by atoms with Crippen LogP contribution in [0.2, 0.25) is 0 Å². The highest BCUT2D eigenvalue weighted by Crippen LogP contribution is 2.37. The van der Waals surface area contributed by atoms with Gasteiger partial charge in [0.25, 0.3) is 0 Å². The first-order valence-corrected chi connectivity index (χ1v) is 10.7. The summed E-state index contributed by atoms with van der Waals surface area (Å²) in [5.74, 6) is -0.693. The Kier molecular flexibility index (Phi) is 6.33. The second kappa shape index (κ2) is 9.05. The van der Waals surface area contributed by atoms with E-state index in [1.54, 1.807) is 6.08 Å². The summed E-state index contributed by atoms with van der Waals surface area (Å²) in [7, 11) is 0. The quantitative estimate of drug-likeness (QED) is 0.354. The smallest absolute Gasteiger partial charge is 0.170 e. The molecule has 1 aliphatic heterocycles. The molecule has 1 aliphatic rings. The number of fused-ring (bicyclic) bond motifs is 1. The SMILES string of the molecule is CC1(C)c2ccccc2[NH+](Cc2ccccc2)C1C=Cc1cc([NH+]([O-])O)cc([NH+]([O-])O)c1[O-]. The zero-order valence-corrected chi connectivity index (χ0v) is 18.4. The van der Waals surface area contributed by atoms with Gasteiger partial charge in [0, 0.05) is 17.2 Å². The van der Waals surface area contributed by atoms with Gasteiger partial charge in [-0.1, -0.05) is 54.6 Å². The van der Waals surface area contributed by atoms with E-state index < -0.39 is 21.9 Å². The van der Waals surface area contributed by atoms with E-state index in [0.29, 0.717) is 0 Å². The molecule has 0 fully saturated rings. The summed E-state index contributed by atoms with van der Waals surface area (Å²) in [6.07, 6.45) is 3.48. The van der Waals surface area contributed by atoms with Crippen LogP contribution in [0.25, 0.3) is 6.08 Å². The lowest BCUT2D eigenvalue weighted by Gasteiger charge is -2.28. The van der Waals surface area contributed by atoms with Crippen molar-refractivity contribution in [3.05, 3.63) is 99.9 Å². The molecule has 0 aliphatic carbocycles. The van der Waals surface area contributed by atoms with Gasteiger partial charge in [-0.15, -0.1) is 0 Å². The summed E-state index contributed by atoms with van der Waals surface area (Å²) in [5.41, 5.74) is 2.57. The van der Waals surface area contributed by atoms with Crippen LogP contribution in [0.1, 0.15) is 30.5 Å². The van der Waals surface area contributed by atoms with Crippen molar-refractivity contribution in [3.63, 3.8) is 0 Å². The van der Waals surface area contributed by atoms with Crippen LogP contribution in [0.5, 0.6) is 5.75 Å². The average Bonchev–Trinajstić information content (AvgIpc) is 3.00. The molecular formula is C25H27N3O5. The van der Waals surface area contributed by atoms with E-state index in [-0.39, 0.29) is 22.7 Å². The highest BCUT2D eigenvalue weighted by Gasteiger charge is 2.47. The van der Waals surface area contributed by atoms with E-state index in [2.05, 4.69) is 38.1 Å². The third kappa shape index (κ3) is 4.41. The van der Waals surface area contributed by atoms with Gasteiger partial charge in [-0.3, -0.25) is 4.90 Å². The number of para-hydroxylation sites is 1. The monoisotopic (exact) mass is 449 g/mol. The van der Waals surface area contributed by atoms with Crippen LogP contribution in [0, 0.1) is 10.4 Å². The Balaban J connectivity index is 1.77. The molecule has 4 unspecified atom stereocenters. The Bertz CT molecular complexity index is 1160. The minimum atomic E-state index is -1.44. The summed E-state index contributed by atoms with van der Waals surface area (Å²) >= 11 is 0. The first kappa shape index (κ1) is 23.1. The van der Waals surface area contributed by atoms with Crippen molar-refractivity contribution in [1.82, 2.24) is 0 Å². The van der Waals surface area contributed by atoms with Crippen LogP contribution in [-0.4, -0.2) is 16.5 Å². The Morgan fingerprint density at radius 2 is 1.64 bits per heavy atom. The van der Waals surface area contributed by atoms with Crippen LogP contribution in [0.3, 0.4) is 0 Å². The minimum absolute atomic E-state index is 0.0538. The number of nitrogens with one attached hydrogen (secondary N) is 3. The Morgan fingerprint density at radius 3 is 2.30 bits per heavy atom. The largest absolute Gasteiger partial charge is 0.868 e. The van der Waals surface area contributed by atoms with Gasteiger partial charge in [-0.25, -0.2) is 10.4 Å². The molecule has 0 spiro atoms. The summed E-state index contributed by atoms with van der Waals surface area (Å²) in [6.45, 7) is 5.02. The molecule has 0 saturated carbocycles. The maximum absolute atomic E-state index is 12.7. The lowest BCUT2D eigenvalue weighted by atomic mass is 9.80. The molecule has 172 valence electrons. The van der Waals surface area contributed by atoms with Gasteiger partial charge in [-0.2, -0.15) is 10.5 Å². The Hall–Kier alpha value is -3.08. The Morgan fingerprint density at radius 1 is 0.970 bits per heavy atom. The molecule has 3 aromatic carbocycles. The zero-order valence-electron chi connectivity index (χ0n) is 18.4. The summed E-state index contributed by atoms with van der Waals surface area (Å²) in [4.78, 5) is 1.21. The lowest BCUT2D eigenvalue weighted by Crippen LogP contribution is -3.09. The molecule has 0 radical (unpaired) electrons. The predicted molar refractivity (Wildman–Crippen MR) is 120 cm³/mol. The molecule has 0 aromatic heterocycles. The molecule has 0 saturated heterocycles. The van der Waals surface area contributed by atoms with Gasteiger partial charge in [-0.05, 0) is 37.3 Å². The van der Waals surface area contributed by atoms with Crippen molar-refractivity contribution in [2.24, 2.45) is 0 Å². The second-order valence-corrected chi connectivity index (χ2v) is 8.84. The lowest BCUT2D eigenvalue weighted by molar-refractivity contribution is -0.996. The normalized spacial score (nSPS) is 21.2. The summed E-state index contributed by atoms with van der Waals surface area (Å²) < 4.78 is 0. The van der Waals surface area contributed by atoms with E-state index in [1.165, 1.54) is 27.8 Å². The molecule has 3 aromatic rings. The van der Waals surface area contributed by atoms with Gasteiger partial charge >= 0.3 is 0 Å². The zero-order chi connectivity index (χ0) is 23.8. The van der Waals surface area contributed by atoms with Gasteiger partial charge in [0.15, 0.2) is 11.4 Å². The molecule has 1 heterocycles. The fraction of sp³-hybridized carbons (Fsp3) is 0.200. The Labute approximate surface area is 191 Å². The standard InChI is InChI=1S/C25H27N3O5/c1-25(2)20-10-6-7-11-21(20)26(16-17-8-4-3-5-9-17)23(25)13-12-18-14-19(27(30)31)15-22(24(18)29)28(32)33/h3-15,23,27-30,32H,16H2,1-2H3. The van der Waals surface area contributed by atoms with Crippen molar-refractivity contribution in [2.45, 2.75) is 31.8 Å². The molecular weight excluding hydrogens is 422 g/mol. The van der Waals surface area contributed by atoms with Crippen molar-refractivity contribution in [3.8, 4) is 5.75 Å². The van der Waals surface area contributed by atoms with Crippen molar-refractivity contribution in [1.29, 1.82) is 0 Å².